The van der Waals surface area contributed by atoms with E-state index in [2.05, 4.69) is 10.2 Å². The van der Waals surface area contributed by atoms with E-state index in [1.165, 1.54) is 7.05 Å². The fourth-order valence-corrected chi connectivity index (χ4v) is 1.78. The van der Waals surface area contributed by atoms with Gasteiger partial charge in [0.15, 0.2) is 12.1 Å². The zero-order valence-electron chi connectivity index (χ0n) is 9.46. The number of benzene rings is 1. The van der Waals surface area contributed by atoms with Crippen LogP contribution in [0.2, 0.25) is 5.02 Å². The standard InChI is InChI=1S/C11H11ClN2O4/c1-14-10(16)8(11(17)18-14)9(15)13-7-5-3-2-4-6(7)12/h2-5,8,10,16H,1H3,(H,13,15). The summed E-state index contributed by atoms with van der Waals surface area (Å²) in [6, 6.07) is 6.60. The van der Waals surface area contributed by atoms with Crippen molar-refractivity contribution in [1.29, 1.82) is 0 Å². The first kappa shape index (κ1) is 12.8. The molecule has 1 aromatic rings. The predicted octanol–water partition coefficient (Wildman–Crippen LogP) is 0.617. The highest BCUT2D eigenvalue weighted by Gasteiger charge is 2.45. The van der Waals surface area contributed by atoms with Gasteiger partial charge in [-0.15, -0.1) is 5.06 Å². The molecule has 0 radical (unpaired) electrons. The SMILES string of the molecule is CN1OC(=O)C(C(=O)Nc2ccccc2Cl)C1O. The van der Waals surface area contributed by atoms with Crippen LogP contribution >= 0.6 is 11.6 Å². The van der Waals surface area contributed by atoms with Crippen molar-refractivity contribution < 1.29 is 19.5 Å². The molecule has 0 spiro atoms. The number of hydroxylamine groups is 2. The molecule has 6 nitrogen and oxygen atoms in total. The average Bonchev–Trinajstić information content (AvgIpc) is 2.56. The topological polar surface area (TPSA) is 78.9 Å². The molecule has 0 aromatic heterocycles. The van der Waals surface area contributed by atoms with Gasteiger partial charge in [-0.2, -0.15) is 0 Å². The summed E-state index contributed by atoms with van der Waals surface area (Å²) in [7, 11) is 1.37. The highest BCUT2D eigenvalue weighted by atomic mass is 35.5. The second-order valence-electron chi connectivity index (χ2n) is 3.82. The molecule has 2 unspecified atom stereocenters. The molecule has 2 N–H and O–H groups in total. The Balaban J connectivity index is 2.14. The Morgan fingerprint density at radius 3 is 2.72 bits per heavy atom. The van der Waals surface area contributed by atoms with Gasteiger partial charge >= 0.3 is 5.97 Å². The molecule has 1 amide bonds. The van der Waals surface area contributed by atoms with Crippen LogP contribution in [-0.4, -0.2) is 35.3 Å². The van der Waals surface area contributed by atoms with Crippen molar-refractivity contribution in [2.75, 3.05) is 12.4 Å². The van der Waals surface area contributed by atoms with Gasteiger partial charge in [-0.25, -0.2) is 4.79 Å². The quantitative estimate of drug-likeness (QED) is 0.770. The van der Waals surface area contributed by atoms with Crippen LogP contribution in [0.5, 0.6) is 0 Å². The Labute approximate surface area is 108 Å². The summed E-state index contributed by atoms with van der Waals surface area (Å²) in [6.45, 7) is 0. The van der Waals surface area contributed by atoms with Gasteiger partial charge in [0.2, 0.25) is 5.91 Å². The Morgan fingerprint density at radius 1 is 1.50 bits per heavy atom. The molecule has 1 aromatic carbocycles. The number of carbonyl (C=O) groups is 2. The first-order chi connectivity index (χ1) is 8.50. The van der Waals surface area contributed by atoms with Crippen LogP contribution in [0.4, 0.5) is 5.69 Å². The minimum Gasteiger partial charge on any atom is -0.374 e. The molecule has 0 aliphatic carbocycles. The van der Waals surface area contributed by atoms with E-state index >= 15 is 0 Å². The summed E-state index contributed by atoms with van der Waals surface area (Å²) < 4.78 is 0. The molecule has 1 aliphatic heterocycles. The van der Waals surface area contributed by atoms with Crippen LogP contribution in [0.3, 0.4) is 0 Å². The number of nitrogens with zero attached hydrogens (tertiary/aromatic N) is 1. The summed E-state index contributed by atoms with van der Waals surface area (Å²) in [4.78, 5) is 27.9. The molecule has 1 heterocycles. The van der Waals surface area contributed by atoms with Gasteiger partial charge in [-0.05, 0) is 12.1 Å². The van der Waals surface area contributed by atoms with Crippen LogP contribution < -0.4 is 5.32 Å². The summed E-state index contributed by atoms with van der Waals surface area (Å²) >= 11 is 5.87. The monoisotopic (exact) mass is 270 g/mol. The summed E-state index contributed by atoms with van der Waals surface area (Å²) in [6.07, 6.45) is -1.31. The summed E-state index contributed by atoms with van der Waals surface area (Å²) in [5.74, 6) is -2.74. The number of hydrogen-bond donors (Lipinski definition) is 2. The first-order valence-corrected chi connectivity index (χ1v) is 5.56. The van der Waals surface area contributed by atoms with Crippen LogP contribution in [0.15, 0.2) is 24.3 Å². The maximum Gasteiger partial charge on any atom is 0.341 e. The van der Waals surface area contributed by atoms with Gasteiger partial charge in [0.05, 0.1) is 10.7 Å². The fourth-order valence-electron chi connectivity index (χ4n) is 1.60. The molecule has 1 fully saturated rings. The number of halogens is 1. The van der Waals surface area contributed by atoms with Crippen LogP contribution in [0.1, 0.15) is 0 Å². The zero-order valence-corrected chi connectivity index (χ0v) is 10.2. The van der Waals surface area contributed by atoms with Gasteiger partial charge < -0.3 is 15.3 Å². The van der Waals surface area contributed by atoms with Crippen molar-refractivity contribution in [1.82, 2.24) is 5.06 Å². The molecule has 1 aliphatic rings. The lowest BCUT2D eigenvalue weighted by Crippen LogP contribution is -2.37. The maximum atomic E-state index is 11.9. The molecule has 2 rings (SSSR count). The van der Waals surface area contributed by atoms with Crippen molar-refractivity contribution in [3.8, 4) is 0 Å². The van der Waals surface area contributed by atoms with Gasteiger partial charge in [0.25, 0.3) is 0 Å². The largest absolute Gasteiger partial charge is 0.374 e. The highest BCUT2D eigenvalue weighted by Crippen LogP contribution is 2.24. The van der Waals surface area contributed by atoms with Crippen molar-refractivity contribution >= 4 is 29.2 Å². The van der Waals surface area contributed by atoms with E-state index in [4.69, 9.17) is 11.6 Å². The average molecular weight is 271 g/mol. The fraction of sp³-hybridized carbons (Fsp3) is 0.273. The normalized spacial score (nSPS) is 23.8. The summed E-state index contributed by atoms with van der Waals surface area (Å²) in [5.41, 5.74) is 0.374. The number of aliphatic hydroxyl groups is 1. The van der Waals surface area contributed by atoms with E-state index in [0.29, 0.717) is 10.7 Å². The number of anilines is 1. The second-order valence-corrected chi connectivity index (χ2v) is 4.22. The number of aliphatic hydroxyl groups excluding tert-OH is 1. The molecule has 2 atom stereocenters. The molecule has 0 saturated carbocycles. The third-order valence-corrected chi connectivity index (χ3v) is 2.90. The maximum absolute atomic E-state index is 11.9. The third-order valence-electron chi connectivity index (χ3n) is 2.57. The molecule has 7 heteroatoms. The van der Waals surface area contributed by atoms with E-state index in [0.717, 1.165) is 5.06 Å². The van der Waals surface area contributed by atoms with Gasteiger partial charge in [0.1, 0.15) is 0 Å². The van der Waals surface area contributed by atoms with Crippen molar-refractivity contribution in [3.05, 3.63) is 29.3 Å². The Hall–Kier alpha value is -1.63. The van der Waals surface area contributed by atoms with Gasteiger partial charge in [-0.1, -0.05) is 23.7 Å². The van der Waals surface area contributed by atoms with Crippen molar-refractivity contribution in [2.45, 2.75) is 6.23 Å². The van der Waals surface area contributed by atoms with Crippen LogP contribution in [-0.2, 0) is 14.4 Å². The second kappa shape index (κ2) is 4.93. The Morgan fingerprint density at radius 2 is 2.17 bits per heavy atom. The minimum atomic E-state index is -1.31. The molecule has 18 heavy (non-hydrogen) atoms. The smallest absolute Gasteiger partial charge is 0.341 e. The molecular formula is C11H11ClN2O4. The number of hydrogen-bond acceptors (Lipinski definition) is 5. The number of carbonyl (C=O) groups excluding carboxylic acids is 2. The third kappa shape index (κ3) is 2.31. The van der Waals surface area contributed by atoms with E-state index in [1.54, 1.807) is 24.3 Å². The number of para-hydroxylation sites is 1. The Kier molecular flexibility index (Phi) is 3.51. The minimum absolute atomic E-state index is 0.347. The lowest BCUT2D eigenvalue weighted by molar-refractivity contribution is -0.183. The van der Waals surface area contributed by atoms with Crippen molar-refractivity contribution in [2.24, 2.45) is 5.92 Å². The summed E-state index contributed by atoms with van der Waals surface area (Å²) in [5, 5.41) is 13.4. The van der Waals surface area contributed by atoms with Crippen LogP contribution in [0.25, 0.3) is 0 Å². The van der Waals surface area contributed by atoms with Crippen LogP contribution in [0, 0.1) is 5.92 Å². The number of nitrogens with one attached hydrogen (secondary N) is 1. The van der Waals surface area contributed by atoms with E-state index in [9.17, 15) is 14.7 Å². The molecule has 96 valence electrons. The number of rotatable bonds is 2. The zero-order chi connectivity index (χ0) is 13.3. The van der Waals surface area contributed by atoms with E-state index < -0.39 is 24.0 Å². The van der Waals surface area contributed by atoms with Crippen molar-refractivity contribution in [3.63, 3.8) is 0 Å². The highest BCUT2D eigenvalue weighted by molar-refractivity contribution is 6.33. The molecular weight excluding hydrogens is 260 g/mol. The lowest BCUT2D eigenvalue weighted by atomic mass is 10.1. The number of amides is 1. The van der Waals surface area contributed by atoms with E-state index in [1.807, 2.05) is 0 Å². The Bertz CT molecular complexity index is 494. The first-order valence-electron chi connectivity index (χ1n) is 5.19. The predicted molar refractivity (Wildman–Crippen MR) is 63.4 cm³/mol. The van der Waals surface area contributed by atoms with E-state index in [-0.39, 0.29) is 0 Å². The lowest BCUT2D eigenvalue weighted by Gasteiger charge is -2.14. The van der Waals surface area contributed by atoms with Gasteiger partial charge in [0, 0.05) is 7.05 Å². The molecule has 0 bridgehead atoms. The van der Waals surface area contributed by atoms with Gasteiger partial charge in [-0.3, -0.25) is 4.79 Å². The molecule has 1 saturated heterocycles.